The summed E-state index contributed by atoms with van der Waals surface area (Å²) in [4.78, 5) is 10.6. The second-order valence-electron chi connectivity index (χ2n) is 2.89. The highest BCUT2D eigenvalue weighted by Gasteiger charge is 2.06. The Labute approximate surface area is 92.1 Å². The molecule has 0 amide bonds. The molecule has 0 fully saturated rings. The van der Waals surface area contributed by atoms with E-state index in [9.17, 15) is 4.79 Å². The molecule has 0 aliphatic heterocycles. The van der Waals surface area contributed by atoms with Gasteiger partial charge in [0.1, 0.15) is 0 Å². The molecule has 15 heavy (non-hydrogen) atoms. The third kappa shape index (κ3) is 3.51. The number of hydrogen-bond donors (Lipinski definition) is 2. The molecule has 0 aromatic heterocycles. The number of carboxylic acid groups (broad SMARTS) is 1. The van der Waals surface area contributed by atoms with Crippen molar-refractivity contribution in [1.82, 2.24) is 0 Å². The molecular weight excluding hydrogens is 220 g/mol. The lowest BCUT2D eigenvalue weighted by atomic mass is 10.1. The summed E-state index contributed by atoms with van der Waals surface area (Å²) in [6, 6.07) is 4.44. The number of ether oxygens (including phenoxy) is 1. The average molecular weight is 231 g/mol. The molecule has 0 radical (unpaired) electrons. The Morgan fingerprint density at radius 2 is 2.20 bits per heavy atom. The van der Waals surface area contributed by atoms with Crippen molar-refractivity contribution < 1.29 is 19.7 Å². The number of halogens is 1. The fourth-order valence-electron chi connectivity index (χ4n) is 1.04. The number of aliphatic hydroxyl groups is 1. The van der Waals surface area contributed by atoms with Crippen molar-refractivity contribution in [1.29, 1.82) is 0 Å². The molecule has 1 aromatic carbocycles. The minimum absolute atomic E-state index is 0.0508. The number of carbonyl (C=O) groups is 1. The molecule has 1 rings (SSSR count). The van der Waals surface area contributed by atoms with Crippen LogP contribution < -0.4 is 0 Å². The van der Waals surface area contributed by atoms with Crippen LogP contribution in [0.15, 0.2) is 18.2 Å². The summed E-state index contributed by atoms with van der Waals surface area (Å²) in [7, 11) is 0. The average Bonchev–Trinajstić information content (AvgIpc) is 2.20. The molecule has 4 nitrogen and oxygen atoms in total. The molecule has 0 bridgehead atoms. The first kappa shape index (κ1) is 12.0. The summed E-state index contributed by atoms with van der Waals surface area (Å²) in [5.74, 6) is -1.01. The third-order valence-corrected chi connectivity index (χ3v) is 2.15. The van der Waals surface area contributed by atoms with Gasteiger partial charge in [-0.1, -0.05) is 17.7 Å². The summed E-state index contributed by atoms with van der Waals surface area (Å²) in [6.07, 6.45) is 0. The van der Waals surface area contributed by atoms with E-state index in [1.807, 2.05) is 0 Å². The van der Waals surface area contributed by atoms with Crippen LogP contribution in [-0.2, 0) is 11.3 Å². The van der Waals surface area contributed by atoms with Gasteiger partial charge < -0.3 is 14.9 Å². The van der Waals surface area contributed by atoms with Crippen molar-refractivity contribution >= 4 is 17.6 Å². The first-order valence-electron chi connectivity index (χ1n) is 4.35. The van der Waals surface area contributed by atoms with Crippen LogP contribution in [-0.4, -0.2) is 29.4 Å². The van der Waals surface area contributed by atoms with E-state index in [1.165, 1.54) is 12.1 Å². The molecule has 0 aliphatic carbocycles. The lowest BCUT2D eigenvalue weighted by Gasteiger charge is -2.05. The number of carboxylic acids is 1. The van der Waals surface area contributed by atoms with E-state index in [4.69, 9.17) is 26.6 Å². The van der Waals surface area contributed by atoms with Gasteiger partial charge in [0.15, 0.2) is 0 Å². The van der Waals surface area contributed by atoms with E-state index in [0.29, 0.717) is 10.6 Å². The van der Waals surface area contributed by atoms with E-state index in [0.717, 1.165) is 0 Å². The predicted octanol–water partition coefficient (Wildman–Crippen LogP) is 1.55. The quantitative estimate of drug-likeness (QED) is 0.754. The van der Waals surface area contributed by atoms with Crippen LogP contribution >= 0.6 is 11.6 Å². The molecule has 2 N–H and O–H groups in total. The lowest BCUT2D eigenvalue weighted by molar-refractivity contribution is 0.0696. The number of aromatic carboxylic acids is 1. The SMILES string of the molecule is O=C(O)c1ccc(COCCO)c(Cl)c1. The van der Waals surface area contributed by atoms with Crippen LogP contribution in [0.3, 0.4) is 0 Å². The Kier molecular flexibility index (Phi) is 4.55. The molecule has 82 valence electrons. The summed E-state index contributed by atoms with van der Waals surface area (Å²) in [5.41, 5.74) is 0.848. The van der Waals surface area contributed by atoms with Crippen molar-refractivity contribution in [3.8, 4) is 0 Å². The second kappa shape index (κ2) is 5.70. The highest BCUT2D eigenvalue weighted by atomic mass is 35.5. The first-order valence-corrected chi connectivity index (χ1v) is 4.73. The topological polar surface area (TPSA) is 66.8 Å². The highest BCUT2D eigenvalue weighted by molar-refractivity contribution is 6.31. The van der Waals surface area contributed by atoms with Crippen LogP contribution in [0.25, 0.3) is 0 Å². The Balaban J connectivity index is 2.70. The Morgan fingerprint density at radius 1 is 1.47 bits per heavy atom. The van der Waals surface area contributed by atoms with Gasteiger partial charge in [-0.3, -0.25) is 0 Å². The number of rotatable bonds is 5. The van der Waals surface area contributed by atoms with Gasteiger partial charge in [0.25, 0.3) is 0 Å². The summed E-state index contributed by atoms with van der Waals surface area (Å²) < 4.78 is 5.07. The summed E-state index contributed by atoms with van der Waals surface area (Å²) in [5, 5.41) is 17.5. The molecule has 0 atom stereocenters. The van der Waals surface area contributed by atoms with Crippen molar-refractivity contribution in [2.45, 2.75) is 6.61 Å². The molecule has 5 heteroatoms. The predicted molar refractivity (Wildman–Crippen MR) is 55.2 cm³/mol. The molecule has 0 saturated heterocycles. The third-order valence-electron chi connectivity index (χ3n) is 1.79. The van der Waals surface area contributed by atoms with Gasteiger partial charge in [0, 0.05) is 5.02 Å². The molecule has 0 saturated carbocycles. The summed E-state index contributed by atoms with van der Waals surface area (Å²) >= 11 is 5.85. The zero-order valence-corrected chi connectivity index (χ0v) is 8.70. The van der Waals surface area contributed by atoms with Gasteiger partial charge in [-0.05, 0) is 17.7 Å². The Morgan fingerprint density at radius 3 is 2.73 bits per heavy atom. The molecule has 0 unspecified atom stereocenters. The molecular formula is C10H11ClO4. The van der Waals surface area contributed by atoms with Crippen LogP contribution in [0, 0.1) is 0 Å². The zero-order valence-electron chi connectivity index (χ0n) is 7.94. The van der Waals surface area contributed by atoms with E-state index >= 15 is 0 Å². The van der Waals surface area contributed by atoms with E-state index < -0.39 is 5.97 Å². The standard InChI is InChI=1S/C10H11ClO4/c11-9-5-7(10(13)14)1-2-8(9)6-15-4-3-12/h1-2,5,12H,3-4,6H2,(H,13,14). The number of aliphatic hydroxyl groups excluding tert-OH is 1. The zero-order chi connectivity index (χ0) is 11.3. The minimum atomic E-state index is -1.01. The van der Waals surface area contributed by atoms with Gasteiger partial charge in [-0.25, -0.2) is 4.79 Å². The van der Waals surface area contributed by atoms with Crippen LogP contribution in [0.5, 0.6) is 0 Å². The van der Waals surface area contributed by atoms with Crippen molar-refractivity contribution in [2.75, 3.05) is 13.2 Å². The maximum atomic E-state index is 10.6. The largest absolute Gasteiger partial charge is 0.478 e. The van der Waals surface area contributed by atoms with Gasteiger partial charge in [0.2, 0.25) is 0 Å². The number of hydrogen-bond acceptors (Lipinski definition) is 3. The Hall–Kier alpha value is -1.10. The normalized spacial score (nSPS) is 10.3. The first-order chi connectivity index (χ1) is 7.15. The van der Waals surface area contributed by atoms with Crippen LogP contribution in [0.1, 0.15) is 15.9 Å². The van der Waals surface area contributed by atoms with E-state index in [-0.39, 0.29) is 25.4 Å². The molecule has 0 spiro atoms. The van der Waals surface area contributed by atoms with E-state index in [2.05, 4.69) is 0 Å². The van der Waals surface area contributed by atoms with Crippen LogP contribution in [0.4, 0.5) is 0 Å². The maximum absolute atomic E-state index is 10.6. The molecule has 1 aromatic rings. The highest BCUT2D eigenvalue weighted by Crippen LogP contribution is 2.18. The monoisotopic (exact) mass is 230 g/mol. The van der Waals surface area contributed by atoms with Crippen molar-refractivity contribution in [3.63, 3.8) is 0 Å². The maximum Gasteiger partial charge on any atom is 0.335 e. The minimum Gasteiger partial charge on any atom is -0.478 e. The fraction of sp³-hybridized carbons (Fsp3) is 0.300. The molecule has 0 aliphatic rings. The van der Waals surface area contributed by atoms with Gasteiger partial charge in [-0.2, -0.15) is 0 Å². The van der Waals surface area contributed by atoms with Gasteiger partial charge >= 0.3 is 5.97 Å². The van der Waals surface area contributed by atoms with Gasteiger partial charge in [-0.15, -0.1) is 0 Å². The Bertz CT molecular complexity index is 351. The van der Waals surface area contributed by atoms with Crippen molar-refractivity contribution in [2.24, 2.45) is 0 Å². The van der Waals surface area contributed by atoms with E-state index in [1.54, 1.807) is 6.07 Å². The smallest absolute Gasteiger partial charge is 0.335 e. The second-order valence-corrected chi connectivity index (χ2v) is 3.29. The van der Waals surface area contributed by atoms with Gasteiger partial charge in [0.05, 0.1) is 25.4 Å². The summed E-state index contributed by atoms with van der Waals surface area (Å²) in [6.45, 7) is 0.446. The number of benzene rings is 1. The fourth-order valence-corrected chi connectivity index (χ4v) is 1.28. The molecule has 0 heterocycles. The van der Waals surface area contributed by atoms with Crippen molar-refractivity contribution in [3.05, 3.63) is 34.3 Å². The van der Waals surface area contributed by atoms with Crippen LogP contribution in [0.2, 0.25) is 5.02 Å². The lowest BCUT2D eigenvalue weighted by Crippen LogP contribution is -2.01.